The number of carboxylic acid groups (broad SMARTS) is 1. The number of nitrogens with zero attached hydrogens (tertiary/aromatic N) is 1. The number of fused-ring (bicyclic) bond motifs is 2. The minimum absolute atomic E-state index is 0.0592. The van der Waals surface area contributed by atoms with Crippen LogP contribution in [0.15, 0.2) is 12.1 Å². The van der Waals surface area contributed by atoms with Gasteiger partial charge in [0.25, 0.3) is 0 Å². The first-order valence-electron chi connectivity index (χ1n) is 7.23. The molecule has 0 aliphatic carbocycles. The first-order valence-corrected chi connectivity index (χ1v) is 7.98. The second-order valence-electron chi connectivity index (χ2n) is 6.00. The molecule has 2 heterocycles. The van der Waals surface area contributed by atoms with Crippen LogP contribution in [0.25, 0.3) is 0 Å². The van der Waals surface area contributed by atoms with Gasteiger partial charge in [-0.2, -0.15) is 0 Å². The summed E-state index contributed by atoms with van der Waals surface area (Å²) in [7, 11) is 0. The summed E-state index contributed by atoms with van der Waals surface area (Å²) in [6.07, 6.45) is 3.48. The van der Waals surface area contributed by atoms with Crippen molar-refractivity contribution in [2.24, 2.45) is 5.73 Å². The molecule has 0 radical (unpaired) electrons. The zero-order chi connectivity index (χ0) is 16.0. The number of halogens is 2. The van der Waals surface area contributed by atoms with E-state index in [1.165, 1.54) is 6.07 Å². The Morgan fingerprint density at radius 3 is 2.36 bits per heavy atom. The quantitative estimate of drug-likeness (QED) is 0.568. The summed E-state index contributed by atoms with van der Waals surface area (Å²) < 4.78 is 0. The molecule has 2 aliphatic heterocycles. The van der Waals surface area contributed by atoms with Gasteiger partial charge in [-0.1, -0.05) is 23.2 Å². The van der Waals surface area contributed by atoms with Crippen LogP contribution in [0.1, 0.15) is 47.5 Å². The van der Waals surface area contributed by atoms with Crippen LogP contribution in [-0.2, 0) is 0 Å². The minimum Gasteiger partial charge on any atom is -0.478 e. The molecular weight excluding hydrogens is 325 g/mol. The average molecular weight is 342 g/mol. The Morgan fingerprint density at radius 1 is 1.27 bits per heavy atom. The van der Waals surface area contributed by atoms with Gasteiger partial charge in [0.1, 0.15) is 0 Å². The highest BCUT2D eigenvalue weighted by Crippen LogP contribution is 2.45. The van der Waals surface area contributed by atoms with Crippen LogP contribution in [0, 0.1) is 5.41 Å². The molecule has 0 saturated carbocycles. The van der Waals surface area contributed by atoms with Gasteiger partial charge in [-0.25, -0.2) is 4.79 Å². The second-order valence-corrected chi connectivity index (χ2v) is 6.84. The highest BCUT2D eigenvalue weighted by Gasteiger charge is 2.43. The molecule has 0 unspecified atom stereocenters. The summed E-state index contributed by atoms with van der Waals surface area (Å²) in [5, 5.41) is 17.9. The van der Waals surface area contributed by atoms with E-state index in [1.807, 2.05) is 4.90 Å². The predicted molar refractivity (Wildman–Crippen MR) is 86.0 cm³/mol. The van der Waals surface area contributed by atoms with Crippen molar-refractivity contribution in [2.75, 3.05) is 0 Å². The summed E-state index contributed by atoms with van der Waals surface area (Å²) in [4.78, 5) is 13.5. The van der Waals surface area contributed by atoms with Crippen LogP contribution in [0.2, 0.25) is 10.0 Å². The fourth-order valence-corrected chi connectivity index (χ4v) is 4.63. The maximum absolute atomic E-state index is 11.5. The Labute approximate surface area is 138 Å². The van der Waals surface area contributed by atoms with Crippen molar-refractivity contribution in [3.8, 4) is 0 Å². The lowest BCUT2D eigenvalue weighted by Gasteiger charge is -2.40. The van der Waals surface area contributed by atoms with Crippen LogP contribution in [0.5, 0.6) is 0 Å². The predicted octanol–water partition coefficient (Wildman–Crippen LogP) is 3.30. The van der Waals surface area contributed by atoms with E-state index in [4.69, 9.17) is 34.3 Å². The fourth-order valence-electron chi connectivity index (χ4n) is 3.98. The fraction of sp³-hybridized carbons (Fsp3) is 0.467. The van der Waals surface area contributed by atoms with Crippen LogP contribution < -0.4 is 5.73 Å². The van der Waals surface area contributed by atoms with Gasteiger partial charge in [-0.3, -0.25) is 5.41 Å². The number of piperidine rings is 1. The van der Waals surface area contributed by atoms with Gasteiger partial charge >= 0.3 is 5.97 Å². The number of hydrogen-bond donors (Lipinski definition) is 3. The van der Waals surface area contributed by atoms with Gasteiger partial charge < -0.3 is 15.7 Å². The van der Waals surface area contributed by atoms with Gasteiger partial charge in [0.2, 0.25) is 0 Å². The second kappa shape index (κ2) is 5.63. The Hall–Kier alpha value is -1.46. The molecule has 2 saturated heterocycles. The van der Waals surface area contributed by atoms with Gasteiger partial charge in [0.15, 0.2) is 5.96 Å². The first kappa shape index (κ1) is 15.4. The Morgan fingerprint density at radius 2 is 1.86 bits per heavy atom. The van der Waals surface area contributed by atoms with Crippen LogP contribution in [-0.4, -0.2) is 34.0 Å². The summed E-state index contributed by atoms with van der Waals surface area (Å²) in [5.74, 6) is -0.851. The van der Waals surface area contributed by atoms with E-state index in [-0.39, 0.29) is 29.5 Å². The minimum atomic E-state index is -1.01. The number of benzene rings is 1. The van der Waals surface area contributed by atoms with Crippen molar-refractivity contribution < 1.29 is 9.90 Å². The van der Waals surface area contributed by atoms with E-state index >= 15 is 0 Å². The highest BCUT2D eigenvalue weighted by atomic mass is 35.5. The topological polar surface area (TPSA) is 90.4 Å². The Bertz CT molecular complexity index is 636. The largest absolute Gasteiger partial charge is 0.478 e. The number of rotatable bonds is 2. The van der Waals surface area contributed by atoms with Crippen molar-refractivity contribution in [2.45, 2.75) is 43.7 Å². The number of guanidine groups is 1. The van der Waals surface area contributed by atoms with Crippen molar-refractivity contribution in [3.63, 3.8) is 0 Å². The van der Waals surface area contributed by atoms with Gasteiger partial charge in [0, 0.05) is 22.1 Å². The molecule has 2 fully saturated rings. The highest BCUT2D eigenvalue weighted by molar-refractivity contribution is 6.35. The number of nitrogens with two attached hydrogens (primary N) is 1. The molecule has 1 aromatic rings. The van der Waals surface area contributed by atoms with E-state index in [2.05, 4.69) is 0 Å². The van der Waals surface area contributed by atoms with Crippen molar-refractivity contribution in [3.05, 3.63) is 33.3 Å². The molecule has 3 atom stereocenters. The third-order valence-corrected chi connectivity index (χ3v) is 5.28. The van der Waals surface area contributed by atoms with E-state index in [0.717, 1.165) is 25.7 Å². The number of carboxylic acids is 1. The van der Waals surface area contributed by atoms with E-state index < -0.39 is 5.97 Å². The molecule has 2 bridgehead atoms. The molecular formula is C15H17Cl2N3O2. The zero-order valence-electron chi connectivity index (χ0n) is 11.9. The summed E-state index contributed by atoms with van der Waals surface area (Å²) in [6, 6.07) is 3.44. The van der Waals surface area contributed by atoms with Crippen LogP contribution in [0.3, 0.4) is 0 Å². The third-order valence-electron chi connectivity index (χ3n) is 4.74. The molecule has 118 valence electrons. The SMILES string of the molecule is N=C(N)N1[C@@H]2CC[C@H]1C[C@@H](c1c(Cl)cc(Cl)cc1C(=O)O)C2. The van der Waals surface area contributed by atoms with Gasteiger partial charge in [-0.05, 0) is 49.3 Å². The molecule has 22 heavy (non-hydrogen) atoms. The molecule has 4 N–H and O–H groups in total. The smallest absolute Gasteiger partial charge is 0.336 e. The average Bonchev–Trinajstić information content (AvgIpc) is 2.69. The third kappa shape index (κ3) is 2.52. The van der Waals surface area contributed by atoms with Crippen molar-refractivity contribution >= 4 is 35.1 Å². The molecule has 5 nitrogen and oxygen atoms in total. The van der Waals surface area contributed by atoms with Gasteiger partial charge in [0.05, 0.1) is 5.56 Å². The molecule has 0 aromatic heterocycles. The van der Waals surface area contributed by atoms with E-state index in [9.17, 15) is 9.90 Å². The molecule has 0 spiro atoms. The number of aromatic carboxylic acids is 1. The molecule has 3 rings (SSSR count). The lowest BCUT2D eigenvalue weighted by Crippen LogP contribution is -2.49. The number of nitrogens with one attached hydrogen (secondary N) is 1. The number of hydrogen-bond acceptors (Lipinski definition) is 2. The summed E-state index contributed by atoms with van der Waals surface area (Å²) in [5.41, 5.74) is 6.52. The molecule has 1 aromatic carbocycles. The Balaban J connectivity index is 1.97. The summed E-state index contributed by atoms with van der Waals surface area (Å²) >= 11 is 12.2. The molecule has 2 aliphatic rings. The summed E-state index contributed by atoms with van der Waals surface area (Å²) in [6.45, 7) is 0. The number of carbonyl (C=O) groups is 1. The zero-order valence-corrected chi connectivity index (χ0v) is 13.4. The maximum atomic E-state index is 11.5. The molecule has 0 amide bonds. The normalized spacial score (nSPS) is 27.0. The lowest BCUT2D eigenvalue weighted by atomic mass is 9.83. The van der Waals surface area contributed by atoms with E-state index in [0.29, 0.717) is 15.6 Å². The van der Waals surface area contributed by atoms with E-state index in [1.54, 1.807) is 6.07 Å². The maximum Gasteiger partial charge on any atom is 0.336 e. The van der Waals surface area contributed by atoms with Gasteiger partial charge in [-0.15, -0.1) is 0 Å². The van der Waals surface area contributed by atoms with Crippen molar-refractivity contribution in [1.29, 1.82) is 5.41 Å². The van der Waals surface area contributed by atoms with Crippen molar-refractivity contribution in [1.82, 2.24) is 4.90 Å². The lowest BCUT2D eigenvalue weighted by molar-refractivity contribution is 0.0693. The standard InChI is InChI=1S/C15H17Cl2N3O2/c16-8-5-11(14(21)22)13(12(17)6-8)7-3-9-1-2-10(4-7)20(9)15(18)19/h5-7,9-10H,1-4H2,(H3,18,19)(H,21,22)/t7-,9+,10-. The first-order chi connectivity index (χ1) is 10.4. The van der Waals surface area contributed by atoms with Crippen LogP contribution >= 0.6 is 23.2 Å². The molecule has 7 heteroatoms. The van der Waals surface area contributed by atoms with Crippen LogP contribution in [0.4, 0.5) is 0 Å². The monoisotopic (exact) mass is 341 g/mol. The Kier molecular flexibility index (Phi) is 3.95.